The van der Waals surface area contributed by atoms with Gasteiger partial charge in [-0.1, -0.05) is 49.4 Å². The second-order valence-corrected chi connectivity index (χ2v) is 19.8. The molecule has 2 N–H and O–H groups in total. The van der Waals surface area contributed by atoms with Crippen LogP contribution in [-0.4, -0.2) is 47.9 Å². The quantitative estimate of drug-likeness (QED) is 0.155. The van der Waals surface area contributed by atoms with Gasteiger partial charge in [-0.3, -0.25) is 14.8 Å². The number of aromatic carboxylic acids is 1. The molecule has 1 amide bonds. The van der Waals surface area contributed by atoms with Gasteiger partial charge < -0.3 is 9.84 Å². The normalized spacial score (nSPS) is 25.2. The number of ether oxygens (including phenoxy) is 1. The van der Waals surface area contributed by atoms with Crippen LogP contribution in [0.4, 0.5) is 5.13 Å². The molecule has 10 rings (SSSR count). The van der Waals surface area contributed by atoms with Gasteiger partial charge in [-0.2, -0.15) is 10.4 Å². The molecule has 6 aromatic rings. The van der Waals surface area contributed by atoms with Crippen molar-refractivity contribution in [3.05, 3.63) is 95.4 Å². The lowest BCUT2D eigenvalue weighted by atomic mass is 9.39. The van der Waals surface area contributed by atoms with Crippen LogP contribution < -0.4 is 5.32 Å². The van der Waals surface area contributed by atoms with E-state index in [2.05, 4.69) is 55.7 Å². The Kier molecular flexibility index (Phi) is 8.33. The summed E-state index contributed by atoms with van der Waals surface area (Å²) in [6, 6.07) is 22.1. The van der Waals surface area contributed by atoms with Crippen molar-refractivity contribution in [2.75, 3.05) is 5.32 Å². The highest BCUT2D eigenvalue weighted by atomic mass is 32.1. The van der Waals surface area contributed by atoms with Gasteiger partial charge in [0.1, 0.15) is 0 Å². The number of para-hydroxylation sites is 1. The number of hydrogen-bond donors (Lipinski definition) is 2. The number of carboxylic acids is 1. The summed E-state index contributed by atoms with van der Waals surface area (Å²) in [5, 5.41) is 29.9. The molecular weight excluding hydrogens is 733 g/mol. The lowest BCUT2D eigenvalue weighted by molar-refractivity contribution is -0.275. The molecular formula is C46H46N6O4S. The van der Waals surface area contributed by atoms with Crippen LogP contribution in [0.3, 0.4) is 0 Å². The molecule has 3 aromatic heterocycles. The van der Waals surface area contributed by atoms with Gasteiger partial charge in [0.25, 0.3) is 5.91 Å². The molecule has 4 fully saturated rings. The predicted octanol–water partition coefficient (Wildman–Crippen LogP) is 10.4. The molecule has 4 aliphatic carbocycles. The minimum atomic E-state index is -1.15. The molecule has 290 valence electrons. The molecule has 0 spiro atoms. The third-order valence-electron chi connectivity index (χ3n) is 12.3. The number of nitriles is 1. The van der Waals surface area contributed by atoms with Crippen molar-refractivity contribution in [1.82, 2.24) is 19.7 Å². The summed E-state index contributed by atoms with van der Waals surface area (Å²) in [5.41, 5.74) is 4.72. The summed E-state index contributed by atoms with van der Waals surface area (Å²) in [7, 11) is 0. The van der Waals surface area contributed by atoms with Crippen LogP contribution in [-0.2, 0) is 11.3 Å². The Balaban J connectivity index is 1.04. The van der Waals surface area contributed by atoms with Crippen molar-refractivity contribution in [3.63, 3.8) is 0 Å². The average Bonchev–Trinajstić information content (AvgIpc) is 3.69. The van der Waals surface area contributed by atoms with E-state index in [1.54, 1.807) is 42.6 Å². The Morgan fingerprint density at radius 2 is 1.68 bits per heavy atom. The van der Waals surface area contributed by atoms with Gasteiger partial charge in [0.2, 0.25) is 0 Å². The summed E-state index contributed by atoms with van der Waals surface area (Å²) >= 11 is 1.38. The third kappa shape index (κ3) is 6.58. The summed E-state index contributed by atoms with van der Waals surface area (Å²) in [6.45, 7) is 14.2. The number of aromatic nitrogens is 4. The van der Waals surface area contributed by atoms with Crippen molar-refractivity contribution >= 4 is 49.3 Å². The fourth-order valence-electron chi connectivity index (χ4n) is 11.8. The number of carboxylic acid groups (broad SMARTS) is 1. The Bertz CT molecular complexity index is 2640. The molecule has 57 heavy (non-hydrogen) atoms. The topological polar surface area (TPSA) is 143 Å². The van der Waals surface area contributed by atoms with E-state index in [0.29, 0.717) is 43.9 Å². The minimum absolute atomic E-state index is 0.0287. The van der Waals surface area contributed by atoms with Gasteiger partial charge in [0.05, 0.1) is 44.9 Å². The van der Waals surface area contributed by atoms with Gasteiger partial charge in [-0.15, -0.1) is 0 Å². The second kappa shape index (κ2) is 12.8. The van der Waals surface area contributed by atoms with Crippen LogP contribution >= 0.6 is 11.3 Å². The van der Waals surface area contributed by atoms with E-state index in [1.165, 1.54) is 17.8 Å². The zero-order valence-corrected chi connectivity index (χ0v) is 34.0. The molecule has 4 aliphatic rings. The van der Waals surface area contributed by atoms with E-state index in [4.69, 9.17) is 14.8 Å². The van der Waals surface area contributed by atoms with Crippen molar-refractivity contribution < 1.29 is 19.4 Å². The molecule has 0 aliphatic heterocycles. The Morgan fingerprint density at radius 1 is 0.930 bits per heavy atom. The first-order valence-corrected chi connectivity index (χ1v) is 20.4. The number of nitrogens with one attached hydrogen (secondary N) is 1. The van der Waals surface area contributed by atoms with Crippen molar-refractivity contribution in [1.29, 1.82) is 5.26 Å². The van der Waals surface area contributed by atoms with Crippen LogP contribution in [0.15, 0.2) is 72.9 Å². The molecule has 4 saturated carbocycles. The smallest absolute Gasteiger partial charge is 0.355 e. The fraction of sp³-hybridized carbons (Fsp3) is 0.391. The van der Waals surface area contributed by atoms with Gasteiger partial charge >= 0.3 is 5.97 Å². The highest BCUT2D eigenvalue weighted by Gasteiger charge is 2.66. The van der Waals surface area contributed by atoms with Gasteiger partial charge in [0.15, 0.2) is 10.8 Å². The number of nitrogens with zero attached hydrogens (tertiary/aromatic N) is 5. The minimum Gasteiger partial charge on any atom is -0.476 e. The molecule has 11 heteroatoms. The summed E-state index contributed by atoms with van der Waals surface area (Å²) in [4.78, 5) is 35.8. The van der Waals surface area contributed by atoms with Crippen LogP contribution in [0.1, 0.15) is 105 Å². The zero-order chi connectivity index (χ0) is 40.1. The zero-order valence-electron chi connectivity index (χ0n) is 33.2. The van der Waals surface area contributed by atoms with Crippen LogP contribution in [0.5, 0.6) is 0 Å². The molecule has 10 nitrogen and oxygen atoms in total. The van der Waals surface area contributed by atoms with Crippen molar-refractivity contribution in [3.8, 4) is 28.5 Å². The monoisotopic (exact) mass is 778 g/mol. The summed E-state index contributed by atoms with van der Waals surface area (Å²) in [5.74, 6) is -1.51. The molecule has 4 bridgehead atoms. The largest absolute Gasteiger partial charge is 0.476 e. The Morgan fingerprint density at radius 3 is 2.39 bits per heavy atom. The molecule has 2 unspecified atom stereocenters. The van der Waals surface area contributed by atoms with Gasteiger partial charge in [0, 0.05) is 39.9 Å². The highest BCUT2D eigenvalue weighted by Crippen LogP contribution is 2.72. The number of hydrogen-bond acceptors (Lipinski definition) is 8. The van der Waals surface area contributed by atoms with Crippen LogP contribution in [0.25, 0.3) is 43.4 Å². The van der Waals surface area contributed by atoms with E-state index in [1.807, 2.05) is 37.3 Å². The van der Waals surface area contributed by atoms with E-state index < -0.39 is 5.97 Å². The first-order chi connectivity index (χ1) is 27.0. The average molecular weight is 779 g/mol. The summed E-state index contributed by atoms with van der Waals surface area (Å²) in [6.07, 6.45) is 8.43. The maximum atomic E-state index is 13.7. The third-order valence-corrected chi connectivity index (χ3v) is 13.3. The van der Waals surface area contributed by atoms with Crippen LogP contribution in [0.2, 0.25) is 0 Å². The fourth-order valence-corrected chi connectivity index (χ4v) is 12.7. The lowest BCUT2D eigenvalue weighted by Gasteiger charge is -2.70. The summed E-state index contributed by atoms with van der Waals surface area (Å²) < 4.78 is 10.0. The van der Waals surface area contributed by atoms with E-state index >= 15 is 0 Å². The lowest BCUT2D eigenvalue weighted by Crippen LogP contribution is -2.65. The number of benzene rings is 3. The number of fused-ring (bicyclic) bond motifs is 2. The second-order valence-electron chi connectivity index (χ2n) is 18.8. The number of anilines is 1. The number of thiazole rings is 1. The molecule has 3 aromatic carbocycles. The highest BCUT2D eigenvalue weighted by molar-refractivity contribution is 7.22. The van der Waals surface area contributed by atoms with E-state index in [-0.39, 0.29) is 39.0 Å². The Hall–Kier alpha value is -5.44. The number of carbonyl (C=O) groups is 2. The first kappa shape index (κ1) is 37.2. The van der Waals surface area contributed by atoms with Gasteiger partial charge in [-0.05, 0) is 130 Å². The molecule has 0 radical (unpaired) electrons. The maximum absolute atomic E-state index is 13.7. The van der Waals surface area contributed by atoms with E-state index in [0.717, 1.165) is 60.1 Å². The SMILES string of the molecule is Cc1c(-c2ccc(-c3ccc4c(C#N)ccc(C(=O)Nc5nc6ccccc6s5)c4c3)nc2C(=O)O)cnn1CC12CC3(C)CC(C)(C1)CC(OC(C)(C)C)(C3)C2. The standard InChI is InChI=1S/C46H46N6O4S/c1-27-34(19-48-52(27)26-45-21-43(5)20-44(6,22-45)24-46(23-43,25-45)56-42(2,3)4)31-15-16-35(49-38(31)40(54)55)28-11-13-30-29(18-47)12-14-32(33(30)17-28)39(53)51-41-50-36-9-7-8-10-37(36)57-41/h7-17,19H,20-26H2,1-6H3,(H,54,55)(H,50,51,53). The maximum Gasteiger partial charge on any atom is 0.355 e. The molecule has 0 saturated heterocycles. The van der Waals surface area contributed by atoms with E-state index in [9.17, 15) is 20.0 Å². The first-order valence-electron chi connectivity index (χ1n) is 19.6. The number of pyridine rings is 1. The number of rotatable bonds is 8. The van der Waals surface area contributed by atoms with Gasteiger partial charge in [-0.25, -0.2) is 14.8 Å². The Labute approximate surface area is 335 Å². The molecule has 3 heterocycles. The van der Waals surface area contributed by atoms with Crippen LogP contribution in [0, 0.1) is 34.5 Å². The molecule has 2 atom stereocenters. The number of amides is 1. The van der Waals surface area contributed by atoms with Crippen molar-refractivity contribution in [2.24, 2.45) is 16.2 Å². The number of carbonyl (C=O) groups excluding carboxylic acids is 1. The van der Waals surface area contributed by atoms with Crippen molar-refractivity contribution in [2.45, 2.75) is 97.8 Å². The predicted molar refractivity (Wildman–Crippen MR) is 222 cm³/mol.